The fourth-order valence-electron chi connectivity index (χ4n) is 3.26. The van der Waals surface area contributed by atoms with Gasteiger partial charge in [0.05, 0.1) is 19.2 Å². The van der Waals surface area contributed by atoms with E-state index in [4.69, 9.17) is 16.3 Å². The second kappa shape index (κ2) is 12.6. The zero-order chi connectivity index (χ0) is 27.1. The number of nitrogens with one attached hydrogen (secondary N) is 2. The van der Waals surface area contributed by atoms with Crippen molar-refractivity contribution in [2.45, 2.75) is 12.5 Å². The number of methoxy groups -OCH3 is 1. The van der Waals surface area contributed by atoms with E-state index in [9.17, 15) is 13.6 Å². The van der Waals surface area contributed by atoms with Crippen LogP contribution in [0.15, 0.2) is 56.8 Å². The Hall–Kier alpha value is -3.86. The average molecular weight is 574 g/mol. The van der Waals surface area contributed by atoms with E-state index in [1.807, 2.05) is 0 Å². The van der Waals surface area contributed by atoms with Crippen molar-refractivity contribution in [2.24, 2.45) is 9.98 Å². The second-order valence-electron chi connectivity index (χ2n) is 7.32. The molecule has 0 radical (unpaired) electrons. The third-order valence-corrected chi connectivity index (χ3v) is 6.70. The number of pyridine rings is 1. The smallest absolute Gasteiger partial charge is 0.280 e. The van der Waals surface area contributed by atoms with Gasteiger partial charge in [-0.25, -0.2) is 18.8 Å². The molecule has 194 valence electrons. The monoisotopic (exact) mass is 573 g/mol. The lowest BCUT2D eigenvalue weighted by atomic mass is 9.98. The molecule has 0 saturated heterocycles. The van der Waals surface area contributed by atoms with E-state index in [1.54, 1.807) is 11.7 Å². The molecule has 2 N–H and O–H groups in total. The summed E-state index contributed by atoms with van der Waals surface area (Å²) in [6.45, 7) is 3.53. The van der Waals surface area contributed by atoms with Crippen LogP contribution < -0.4 is 15.4 Å². The summed E-state index contributed by atoms with van der Waals surface area (Å²) in [6.07, 6.45) is -0.0208. The molecule has 14 heteroatoms. The van der Waals surface area contributed by atoms with Crippen molar-refractivity contribution in [3.8, 4) is 28.7 Å². The Morgan fingerprint density at radius 2 is 2.24 bits per heavy atom. The van der Waals surface area contributed by atoms with Gasteiger partial charge in [0.1, 0.15) is 28.0 Å². The van der Waals surface area contributed by atoms with Crippen LogP contribution in [0.3, 0.4) is 0 Å². The number of aliphatic imine (C=N–C) groups is 2. The fourth-order valence-corrected chi connectivity index (χ4v) is 4.65. The van der Waals surface area contributed by atoms with E-state index >= 15 is 0 Å². The summed E-state index contributed by atoms with van der Waals surface area (Å²) in [5, 5.41) is 15.1. The zero-order valence-corrected chi connectivity index (χ0v) is 22.0. The average Bonchev–Trinajstić information content (AvgIpc) is 3.45. The molecule has 0 spiro atoms. The summed E-state index contributed by atoms with van der Waals surface area (Å²) in [5.74, 6) is 6.15. The Morgan fingerprint density at radius 1 is 1.39 bits per heavy atom. The SMILES string of the molecule is C=NC1=C(SCNC(=O)c2ccc(Cl)cc2-c2cc(C(F)F)ncc2OC)NC(C#Cc2nncs2)C=N1. The number of hydrogen-bond acceptors (Lipinski definition) is 10. The van der Waals surface area contributed by atoms with Crippen molar-refractivity contribution in [3.63, 3.8) is 0 Å². The first-order valence-electron chi connectivity index (χ1n) is 10.7. The van der Waals surface area contributed by atoms with Crippen LogP contribution in [0.25, 0.3) is 11.1 Å². The van der Waals surface area contributed by atoms with Crippen LogP contribution in [0.4, 0.5) is 8.78 Å². The molecule has 0 aliphatic carbocycles. The largest absolute Gasteiger partial charge is 0.494 e. The highest BCUT2D eigenvalue weighted by Gasteiger charge is 2.21. The molecule has 3 heterocycles. The first-order valence-corrected chi connectivity index (χ1v) is 13.0. The van der Waals surface area contributed by atoms with Gasteiger partial charge in [0.2, 0.25) is 0 Å². The van der Waals surface area contributed by atoms with Crippen LogP contribution in [-0.2, 0) is 0 Å². The van der Waals surface area contributed by atoms with Gasteiger partial charge in [-0.3, -0.25) is 9.78 Å². The van der Waals surface area contributed by atoms with Crippen molar-refractivity contribution in [3.05, 3.63) is 68.1 Å². The summed E-state index contributed by atoms with van der Waals surface area (Å²) in [7, 11) is 1.38. The van der Waals surface area contributed by atoms with E-state index in [1.165, 1.54) is 60.7 Å². The van der Waals surface area contributed by atoms with Gasteiger partial charge in [0.25, 0.3) is 12.3 Å². The predicted octanol–water partition coefficient (Wildman–Crippen LogP) is 4.54. The second-order valence-corrected chi connectivity index (χ2v) is 9.57. The van der Waals surface area contributed by atoms with E-state index in [0.717, 1.165) is 0 Å². The molecule has 9 nitrogen and oxygen atoms in total. The van der Waals surface area contributed by atoms with Gasteiger partial charge < -0.3 is 15.4 Å². The van der Waals surface area contributed by atoms with Gasteiger partial charge in [-0.15, -0.1) is 10.2 Å². The quantitative estimate of drug-likeness (QED) is 0.231. The molecule has 38 heavy (non-hydrogen) atoms. The lowest BCUT2D eigenvalue weighted by Crippen LogP contribution is -2.32. The van der Waals surface area contributed by atoms with Crippen LogP contribution in [0.5, 0.6) is 5.75 Å². The van der Waals surface area contributed by atoms with Gasteiger partial charge in [0.15, 0.2) is 10.8 Å². The number of carbonyl (C=O) groups is 1. The number of aromatic nitrogens is 3. The van der Waals surface area contributed by atoms with Crippen molar-refractivity contribution < 1.29 is 18.3 Å². The molecule has 1 amide bonds. The Bertz CT molecular complexity index is 1470. The summed E-state index contributed by atoms with van der Waals surface area (Å²) in [5.41, 5.74) is 1.93. The highest BCUT2D eigenvalue weighted by atomic mass is 35.5. The zero-order valence-electron chi connectivity index (χ0n) is 19.6. The number of halogens is 3. The number of ether oxygens (including phenoxy) is 1. The van der Waals surface area contributed by atoms with Crippen LogP contribution in [0, 0.1) is 11.8 Å². The molecule has 1 aliphatic heterocycles. The molecule has 0 saturated carbocycles. The molecule has 1 aromatic carbocycles. The van der Waals surface area contributed by atoms with E-state index in [2.05, 4.69) is 54.4 Å². The Labute approximate surface area is 229 Å². The van der Waals surface area contributed by atoms with Gasteiger partial charge in [-0.2, -0.15) is 0 Å². The molecule has 3 aromatic rings. The van der Waals surface area contributed by atoms with Crippen molar-refractivity contribution in [1.29, 1.82) is 0 Å². The van der Waals surface area contributed by atoms with Crippen LogP contribution in [-0.4, -0.2) is 53.0 Å². The maximum atomic E-state index is 13.3. The summed E-state index contributed by atoms with van der Waals surface area (Å²) in [4.78, 5) is 25.0. The first-order chi connectivity index (χ1) is 18.4. The van der Waals surface area contributed by atoms with Gasteiger partial charge >= 0.3 is 0 Å². The molecular weight excluding hydrogens is 556 g/mol. The molecule has 1 aliphatic rings. The van der Waals surface area contributed by atoms with Crippen LogP contribution in [0.2, 0.25) is 5.02 Å². The summed E-state index contributed by atoms with van der Waals surface area (Å²) in [6, 6.07) is 5.33. The molecular formula is C24H18ClF2N7O2S2. The number of rotatable bonds is 8. The van der Waals surface area contributed by atoms with Gasteiger partial charge in [-0.05, 0) is 42.5 Å². The maximum Gasteiger partial charge on any atom is 0.280 e. The number of nitrogens with zero attached hydrogens (tertiary/aromatic N) is 5. The number of carbonyl (C=O) groups excluding carboxylic acids is 1. The van der Waals surface area contributed by atoms with E-state index in [0.29, 0.717) is 26.4 Å². The standard InChI is InChI=1S/C24H18ClF2N7O2S2/c1-28-22-24(33-14(9-30-22)4-6-20-34-32-12-37-20)38-11-31-23(35)15-5-3-13(25)7-16(15)17-8-18(21(26)27)29-10-19(17)36-2/h3,5,7-10,12,14,21,33H,1,11H2,2H3,(H,31,35). The molecule has 1 unspecified atom stereocenters. The number of alkyl halides is 2. The molecule has 0 bridgehead atoms. The Kier molecular flexibility index (Phi) is 9.01. The van der Waals surface area contributed by atoms with Crippen molar-refractivity contribution >= 4 is 53.5 Å². The Morgan fingerprint density at radius 3 is 2.95 bits per heavy atom. The molecule has 4 rings (SSSR count). The van der Waals surface area contributed by atoms with E-state index in [-0.39, 0.29) is 22.8 Å². The molecule has 1 atom stereocenters. The van der Waals surface area contributed by atoms with Gasteiger partial charge in [-0.1, -0.05) is 40.6 Å². The first kappa shape index (κ1) is 27.2. The van der Waals surface area contributed by atoms with Crippen LogP contribution in [0.1, 0.15) is 27.5 Å². The lowest BCUT2D eigenvalue weighted by Gasteiger charge is -2.19. The number of thioether (sulfide) groups is 1. The van der Waals surface area contributed by atoms with Gasteiger partial charge in [0, 0.05) is 22.4 Å². The number of amides is 1. The van der Waals surface area contributed by atoms with E-state index < -0.39 is 24.1 Å². The maximum absolute atomic E-state index is 13.3. The third kappa shape index (κ3) is 6.52. The number of hydrogen-bond donors (Lipinski definition) is 2. The molecule has 0 fully saturated rings. The minimum Gasteiger partial charge on any atom is -0.494 e. The topological polar surface area (TPSA) is 114 Å². The van der Waals surface area contributed by atoms with Crippen molar-refractivity contribution in [2.75, 3.05) is 13.0 Å². The molecule has 2 aromatic heterocycles. The fraction of sp³-hybridized carbons (Fsp3) is 0.167. The predicted molar refractivity (Wildman–Crippen MR) is 145 cm³/mol. The lowest BCUT2D eigenvalue weighted by molar-refractivity contribution is 0.0961. The summed E-state index contributed by atoms with van der Waals surface area (Å²) < 4.78 is 32.0. The third-order valence-electron chi connectivity index (χ3n) is 4.98. The Balaban J connectivity index is 1.50. The summed E-state index contributed by atoms with van der Waals surface area (Å²) >= 11 is 8.73. The highest BCUT2D eigenvalue weighted by molar-refractivity contribution is 8.03. The minimum atomic E-state index is -2.80. The normalized spacial score (nSPS) is 14.5. The van der Waals surface area contributed by atoms with Crippen LogP contribution >= 0.6 is 34.7 Å². The minimum absolute atomic E-state index is 0.129. The number of benzene rings is 1. The highest BCUT2D eigenvalue weighted by Crippen LogP contribution is 2.36. The van der Waals surface area contributed by atoms with Crippen molar-refractivity contribution in [1.82, 2.24) is 25.8 Å².